The Bertz CT molecular complexity index is 1290. The van der Waals surface area contributed by atoms with Crippen molar-refractivity contribution in [2.24, 2.45) is 0 Å². The van der Waals surface area contributed by atoms with Crippen LogP contribution < -0.4 is 0 Å². The van der Waals surface area contributed by atoms with Crippen molar-refractivity contribution in [3.05, 3.63) is 18.2 Å². The van der Waals surface area contributed by atoms with E-state index >= 15 is 0 Å². The number of ether oxygens (including phenoxy) is 3. The van der Waals surface area contributed by atoms with Gasteiger partial charge in [-0.3, -0.25) is 14.4 Å². The summed E-state index contributed by atoms with van der Waals surface area (Å²) in [7, 11) is 0. The topological polar surface area (TPSA) is 103 Å². The third-order valence-electron chi connectivity index (χ3n) is 14.5. The fourth-order valence-electron chi connectivity index (χ4n) is 9.65. The standard InChI is InChI=1S/C60H114N4O6/c1-8-14-29-39-55(11-4)68-58(65)42-32-23-17-20-26-35-46-62(47-36-27-21-18-24-33-43-59(66)69-56(12-5)40-30-15-9-2)49-38-50-63(52-53-64-51-45-61-54(64)7)48-37-28-22-19-25-34-44-60(67)70-57(13-6)41-31-16-10-3/h45,51,55-57H,8-44,46-50,52-53H2,1-7H3. The van der Waals surface area contributed by atoms with E-state index in [1.807, 2.05) is 6.20 Å². The zero-order valence-electron chi connectivity index (χ0n) is 47.2. The number of aryl methyl sites for hydroxylation is 1. The molecule has 0 amide bonds. The summed E-state index contributed by atoms with van der Waals surface area (Å²) in [6.45, 7) is 22.8. The fraction of sp³-hybridized carbons (Fsp3) is 0.900. The molecule has 0 bridgehead atoms. The summed E-state index contributed by atoms with van der Waals surface area (Å²) in [4.78, 5) is 47.3. The van der Waals surface area contributed by atoms with Crippen LogP contribution in [0.25, 0.3) is 0 Å². The number of carbonyl (C=O) groups excluding carboxylic acids is 3. The number of imidazole rings is 1. The minimum Gasteiger partial charge on any atom is -0.462 e. The molecule has 0 aromatic carbocycles. The second-order valence-corrected chi connectivity index (χ2v) is 20.9. The molecule has 0 spiro atoms. The van der Waals surface area contributed by atoms with Gasteiger partial charge in [-0.2, -0.15) is 0 Å². The van der Waals surface area contributed by atoms with E-state index in [4.69, 9.17) is 14.2 Å². The van der Waals surface area contributed by atoms with Crippen molar-refractivity contribution in [3.8, 4) is 0 Å². The molecule has 0 N–H and O–H groups in total. The number of hydrogen-bond donors (Lipinski definition) is 0. The smallest absolute Gasteiger partial charge is 0.306 e. The Morgan fingerprint density at radius 2 is 0.743 bits per heavy atom. The molecule has 10 heteroatoms. The van der Waals surface area contributed by atoms with E-state index in [-0.39, 0.29) is 36.2 Å². The van der Waals surface area contributed by atoms with Gasteiger partial charge in [0.15, 0.2) is 0 Å². The summed E-state index contributed by atoms with van der Waals surface area (Å²) in [5.41, 5.74) is 0. The van der Waals surface area contributed by atoms with Gasteiger partial charge in [-0.05, 0) is 142 Å². The van der Waals surface area contributed by atoms with Gasteiger partial charge in [0.05, 0.1) is 0 Å². The van der Waals surface area contributed by atoms with Crippen LogP contribution in [0, 0.1) is 6.92 Å². The number of nitrogens with zero attached hydrogens (tertiary/aromatic N) is 4. The molecule has 0 saturated carbocycles. The van der Waals surface area contributed by atoms with Crippen molar-refractivity contribution < 1.29 is 28.6 Å². The predicted molar refractivity (Wildman–Crippen MR) is 294 cm³/mol. The average molecular weight is 988 g/mol. The van der Waals surface area contributed by atoms with Gasteiger partial charge in [0.1, 0.15) is 24.1 Å². The maximum absolute atomic E-state index is 12.5. The van der Waals surface area contributed by atoms with Gasteiger partial charge in [0.2, 0.25) is 0 Å². The van der Waals surface area contributed by atoms with Gasteiger partial charge in [-0.15, -0.1) is 0 Å². The maximum atomic E-state index is 12.5. The zero-order chi connectivity index (χ0) is 51.1. The number of esters is 3. The predicted octanol–water partition coefficient (Wildman–Crippen LogP) is 16.1. The van der Waals surface area contributed by atoms with Crippen LogP contribution in [-0.2, 0) is 35.1 Å². The Balaban J connectivity index is 2.59. The van der Waals surface area contributed by atoms with Crippen LogP contribution >= 0.6 is 0 Å². The Morgan fingerprint density at radius 1 is 0.429 bits per heavy atom. The summed E-state index contributed by atoms with van der Waals surface area (Å²) in [6, 6.07) is 0. The molecule has 3 atom stereocenters. The Labute approximate surface area is 432 Å². The molecular formula is C60H114N4O6. The third kappa shape index (κ3) is 38.2. The van der Waals surface area contributed by atoms with Crippen LogP contribution in [0.4, 0.5) is 0 Å². The van der Waals surface area contributed by atoms with Crippen LogP contribution in [0.3, 0.4) is 0 Å². The lowest BCUT2D eigenvalue weighted by Gasteiger charge is -2.26. The van der Waals surface area contributed by atoms with E-state index < -0.39 is 0 Å². The Kier molecular flexibility index (Phi) is 44.5. The average Bonchev–Trinajstić information content (AvgIpc) is 3.77. The number of aromatic nitrogens is 2. The molecule has 0 saturated heterocycles. The van der Waals surface area contributed by atoms with Crippen LogP contribution in [0.1, 0.15) is 285 Å². The SMILES string of the molecule is CCCCCC(CC)OC(=O)CCCCCCCCN(CCCCCCCCC(=O)OC(CC)CCCCC)CCCN(CCCCCCCCC(=O)OC(CC)CCCCC)CCn1ccnc1C. The van der Waals surface area contributed by atoms with Crippen molar-refractivity contribution >= 4 is 17.9 Å². The van der Waals surface area contributed by atoms with Crippen molar-refractivity contribution in [2.45, 2.75) is 311 Å². The molecule has 0 aliphatic rings. The third-order valence-corrected chi connectivity index (χ3v) is 14.5. The van der Waals surface area contributed by atoms with Crippen LogP contribution in [0.2, 0.25) is 0 Å². The first-order chi connectivity index (χ1) is 34.2. The molecular weight excluding hydrogens is 873 g/mol. The molecule has 70 heavy (non-hydrogen) atoms. The highest BCUT2D eigenvalue weighted by Gasteiger charge is 2.15. The first-order valence-electron chi connectivity index (χ1n) is 30.2. The van der Waals surface area contributed by atoms with Crippen molar-refractivity contribution in [1.29, 1.82) is 0 Å². The summed E-state index contributed by atoms with van der Waals surface area (Å²) in [5.74, 6) is 1.06. The highest BCUT2D eigenvalue weighted by Crippen LogP contribution is 2.18. The number of hydrogen-bond acceptors (Lipinski definition) is 9. The van der Waals surface area contributed by atoms with Crippen LogP contribution in [-0.4, -0.2) is 94.8 Å². The first kappa shape index (κ1) is 65.6. The molecule has 0 radical (unpaired) electrons. The molecule has 3 unspecified atom stereocenters. The van der Waals surface area contributed by atoms with E-state index in [1.165, 1.54) is 122 Å². The van der Waals surface area contributed by atoms with Gasteiger partial charge in [-0.25, -0.2) is 4.98 Å². The maximum Gasteiger partial charge on any atom is 0.306 e. The van der Waals surface area contributed by atoms with Gasteiger partial charge in [0, 0.05) is 44.7 Å². The summed E-state index contributed by atoms with van der Waals surface area (Å²) >= 11 is 0. The summed E-state index contributed by atoms with van der Waals surface area (Å²) < 4.78 is 19.6. The lowest BCUT2D eigenvalue weighted by atomic mass is 10.1. The molecule has 1 aromatic rings. The van der Waals surface area contributed by atoms with Gasteiger partial charge in [0.25, 0.3) is 0 Å². The molecule has 1 rings (SSSR count). The number of unbranched alkanes of at least 4 members (excludes halogenated alkanes) is 21. The molecule has 10 nitrogen and oxygen atoms in total. The zero-order valence-corrected chi connectivity index (χ0v) is 47.2. The second kappa shape index (κ2) is 47.5. The van der Waals surface area contributed by atoms with Gasteiger partial charge < -0.3 is 28.6 Å². The normalized spacial score (nSPS) is 13.0. The van der Waals surface area contributed by atoms with E-state index in [1.54, 1.807) is 0 Å². The van der Waals surface area contributed by atoms with Crippen LogP contribution in [0.15, 0.2) is 12.4 Å². The lowest BCUT2D eigenvalue weighted by molar-refractivity contribution is -0.150. The van der Waals surface area contributed by atoms with E-state index in [9.17, 15) is 14.4 Å². The molecule has 1 heterocycles. The van der Waals surface area contributed by atoms with Crippen LogP contribution in [0.5, 0.6) is 0 Å². The van der Waals surface area contributed by atoms with Gasteiger partial charge in [-0.1, -0.05) is 157 Å². The quantitative estimate of drug-likeness (QED) is 0.0359. The fourth-order valence-corrected chi connectivity index (χ4v) is 9.65. The monoisotopic (exact) mass is 987 g/mol. The molecule has 410 valence electrons. The van der Waals surface area contributed by atoms with E-state index in [0.29, 0.717) is 19.3 Å². The van der Waals surface area contributed by atoms with Gasteiger partial charge >= 0.3 is 17.9 Å². The van der Waals surface area contributed by atoms with E-state index in [2.05, 4.69) is 74.0 Å². The molecule has 0 aliphatic heterocycles. The first-order valence-corrected chi connectivity index (χ1v) is 30.2. The molecule has 1 aromatic heterocycles. The minimum atomic E-state index is -0.00759. The second-order valence-electron chi connectivity index (χ2n) is 20.9. The minimum absolute atomic E-state index is 0.00625. The molecule has 0 fully saturated rings. The van der Waals surface area contributed by atoms with Crippen molar-refractivity contribution in [3.63, 3.8) is 0 Å². The molecule has 0 aliphatic carbocycles. The summed E-state index contributed by atoms with van der Waals surface area (Å²) in [6.07, 6.45) is 44.3. The highest BCUT2D eigenvalue weighted by molar-refractivity contribution is 5.70. The Morgan fingerprint density at radius 3 is 1.06 bits per heavy atom. The van der Waals surface area contributed by atoms with E-state index in [0.717, 1.165) is 148 Å². The summed E-state index contributed by atoms with van der Waals surface area (Å²) in [5, 5.41) is 0. The van der Waals surface area contributed by atoms with Crippen molar-refractivity contribution in [2.75, 3.05) is 39.3 Å². The lowest BCUT2D eigenvalue weighted by Crippen LogP contribution is -2.33. The Hall–Kier alpha value is -2.46. The highest BCUT2D eigenvalue weighted by atomic mass is 16.6. The largest absolute Gasteiger partial charge is 0.462 e. The van der Waals surface area contributed by atoms with Crippen molar-refractivity contribution in [1.82, 2.24) is 19.4 Å². The number of carbonyl (C=O) groups is 3. The number of rotatable bonds is 52.